The van der Waals surface area contributed by atoms with Crippen molar-refractivity contribution in [2.45, 2.75) is 13.2 Å². The molecule has 0 unspecified atom stereocenters. The number of hydrogen-bond acceptors (Lipinski definition) is 3. The van der Waals surface area contributed by atoms with Crippen LogP contribution in [0, 0.1) is 5.82 Å². The summed E-state index contributed by atoms with van der Waals surface area (Å²) in [4.78, 5) is 0. The quantitative estimate of drug-likeness (QED) is 0.381. The van der Waals surface area contributed by atoms with E-state index in [2.05, 4.69) is 5.32 Å². The van der Waals surface area contributed by atoms with Crippen molar-refractivity contribution < 1.29 is 13.9 Å². The molecule has 3 aromatic rings. The van der Waals surface area contributed by atoms with Gasteiger partial charge in [0.2, 0.25) is 0 Å². The van der Waals surface area contributed by atoms with Crippen molar-refractivity contribution in [1.82, 2.24) is 0 Å². The molecule has 0 radical (unpaired) electrons. The molecule has 0 heterocycles. The lowest BCUT2D eigenvalue weighted by Crippen LogP contribution is -2.04. The first-order chi connectivity index (χ1) is 13.9. The van der Waals surface area contributed by atoms with Gasteiger partial charge in [0.25, 0.3) is 0 Å². The first-order valence-electron chi connectivity index (χ1n) is 8.49. The van der Waals surface area contributed by atoms with E-state index in [1.807, 2.05) is 0 Å². The third kappa shape index (κ3) is 5.61. The zero-order valence-electron chi connectivity index (χ0n) is 15.2. The Kier molecular flexibility index (Phi) is 7.36. The number of ether oxygens (including phenoxy) is 2. The van der Waals surface area contributed by atoms with Crippen LogP contribution in [0.1, 0.15) is 11.1 Å². The van der Waals surface area contributed by atoms with Crippen LogP contribution in [0.4, 0.5) is 10.1 Å². The Hall–Kier alpha value is -1.85. The molecule has 0 fully saturated rings. The number of nitrogens with one attached hydrogen (secondary N) is 1. The van der Waals surface area contributed by atoms with Crippen LogP contribution in [0.5, 0.6) is 11.5 Å². The summed E-state index contributed by atoms with van der Waals surface area (Å²) in [7, 11) is 1.51. The smallest absolute Gasteiger partial charge is 0.163 e. The van der Waals surface area contributed by atoms with Crippen LogP contribution >= 0.6 is 46.4 Å². The van der Waals surface area contributed by atoms with E-state index in [-0.39, 0.29) is 17.2 Å². The van der Waals surface area contributed by atoms with Gasteiger partial charge in [0.05, 0.1) is 12.1 Å². The average Bonchev–Trinajstić information content (AvgIpc) is 2.66. The minimum Gasteiger partial charge on any atom is -0.493 e. The van der Waals surface area contributed by atoms with Crippen molar-refractivity contribution in [1.29, 1.82) is 0 Å². The van der Waals surface area contributed by atoms with Gasteiger partial charge < -0.3 is 14.8 Å². The Morgan fingerprint density at radius 3 is 2.28 bits per heavy atom. The maximum Gasteiger partial charge on any atom is 0.163 e. The monoisotopic (exact) mass is 473 g/mol. The molecule has 0 aromatic heterocycles. The summed E-state index contributed by atoms with van der Waals surface area (Å²) in [6, 6.07) is 13.0. The highest BCUT2D eigenvalue weighted by Crippen LogP contribution is 2.35. The summed E-state index contributed by atoms with van der Waals surface area (Å²) in [5.41, 5.74) is 1.79. The fourth-order valence-electron chi connectivity index (χ4n) is 2.66. The van der Waals surface area contributed by atoms with E-state index in [0.717, 1.165) is 11.3 Å². The Balaban J connectivity index is 1.76. The molecule has 0 aliphatic carbocycles. The van der Waals surface area contributed by atoms with Crippen LogP contribution < -0.4 is 14.8 Å². The van der Waals surface area contributed by atoms with Crippen molar-refractivity contribution in [2.24, 2.45) is 0 Å². The number of anilines is 1. The van der Waals surface area contributed by atoms with Gasteiger partial charge in [0.1, 0.15) is 12.4 Å². The highest BCUT2D eigenvalue weighted by Gasteiger charge is 2.14. The van der Waals surface area contributed by atoms with Crippen LogP contribution in [0.2, 0.25) is 20.1 Å². The summed E-state index contributed by atoms with van der Waals surface area (Å²) in [5, 5.41) is 5.01. The van der Waals surface area contributed by atoms with Gasteiger partial charge in [-0.25, -0.2) is 4.39 Å². The largest absolute Gasteiger partial charge is 0.493 e. The summed E-state index contributed by atoms with van der Waals surface area (Å²) >= 11 is 24.5. The first kappa shape index (κ1) is 21.8. The second kappa shape index (κ2) is 9.77. The minimum atomic E-state index is -0.441. The molecule has 29 heavy (non-hydrogen) atoms. The molecule has 3 nitrogen and oxygen atoms in total. The molecule has 3 aromatic carbocycles. The number of halogens is 5. The molecule has 152 valence electrons. The highest BCUT2D eigenvalue weighted by atomic mass is 35.5. The second-order valence-electron chi connectivity index (χ2n) is 6.10. The van der Waals surface area contributed by atoms with E-state index >= 15 is 0 Å². The third-order valence-corrected chi connectivity index (χ3v) is 5.25. The molecule has 0 saturated heterocycles. The Bertz CT molecular complexity index is 989. The van der Waals surface area contributed by atoms with Gasteiger partial charge in [-0.15, -0.1) is 0 Å². The molecule has 0 aliphatic heterocycles. The Morgan fingerprint density at radius 2 is 1.62 bits per heavy atom. The molecule has 8 heteroatoms. The predicted molar refractivity (Wildman–Crippen MR) is 118 cm³/mol. The van der Waals surface area contributed by atoms with E-state index in [0.29, 0.717) is 33.1 Å². The summed E-state index contributed by atoms with van der Waals surface area (Å²) < 4.78 is 25.1. The second-order valence-corrected chi connectivity index (χ2v) is 7.78. The average molecular weight is 475 g/mol. The van der Waals surface area contributed by atoms with E-state index < -0.39 is 5.82 Å². The van der Waals surface area contributed by atoms with Crippen molar-refractivity contribution >= 4 is 52.1 Å². The highest BCUT2D eigenvalue weighted by molar-refractivity contribution is 6.35. The number of rotatable bonds is 7. The van der Waals surface area contributed by atoms with E-state index in [1.165, 1.54) is 19.2 Å². The third-order valence-electron chi connectivity index (χ3n) is 4.11. The van der Waals surface area contributed by atoms with Gasteiger partial charge in [-0.1, -0.05) is 52.5 Å². The van der Waals surface area contributed by atoms with Gasteiger partial charge in [-0.05, 0) is 42.0 Å². The van der Waals surface area contributed by atoms with Gasteiger partial charge in [0, 0.05) is 38.9 Å². The SMILES string of the molecule is COc1cc(CNc2cc(Cl)cc(Cl)c2)c(Cl)cc1OCc1c(F)cccc1Cl. The molecule has 0 bridgehead atoms. The molecule has 0 atom stereocenters. The van der Waals surface area contributed by atoms with Crippen molar-refractivity contribution in [3.8, 4) is 11.5 Å². The summed E-state index contributed by atoms with van der Waals surface area (Å²) in [6.07, 6.45) is 0. The lowest BCUT2D eigenvalue weighted by molar-refractivity contribution is 0.279. The summed E-state index contributed by atoms with van der Waals surface area (Å²) in [6.45, 7) is 0.349. The van der Waals surface area contributed by atoms with Crippen LogP contribution in [0.15, 0.2) is 48.5 Å². The summed E-state index contributed by atoms with van der Waals surface area (Å²) in [5.74, 6) is 0.401. The van der Waals surface area contributed by atoms with Crippen molar-refractivity contribution in [3.05, 3.63) is 85.6 Å². The fraction of sp³-hybridized carbons (Fsp3) is 0.143. The standard InChI is InChI=1S/C21H16Cl4FNO2/c1-28-20-5-12(10-27-15-7-13(22)6-14(23)8-15)18(25)9-21(20)29-11-16-17(24)3-2-4-19(16)26/h2-9,27H,10-11H2,1H3. The molecule has 3 rings (SSSR count). The first-order valence-corrected chi connectivity index (χ1v) is 10.0. The van der Waals surface area contributed by atoms with Crippen molar-refractivity contribution in [2.75, 3.05) is 12.4 Å². The van der Waals surface area contributed by atoms with Crippen LogP contribution in [-0.2, 0) is 13.2 Å². The van der Waals surface area contributed by atoms with Gasteiger partial charge in [-0.3, -0.25) is 0 Å². The van der Waals surface area contributed by atoms with E-state index in [1.54, 1.807) is 36.4 Å². The molecule has 1 N–H and O–H groups in total. The van der Waals surface area contributed by atoms with Gasteiger partial charge in [0.15, 0.2) is 11.5 Å². The zero-order valence-corrected chi connectivity index (χ0v) is 18.3. The molecule has 0 spiro atoms. The molecule has 0 amide bonds. The topological polar surface area (TPSA) is 30.5 Å². The molecule has 0 aliphatic rings. The van der Waals surface area contributed by atoms with Crippen LogP contribution in [0.3, 0.4) is 0 Å². The fourth-order valence-corrected chi connectivity index (χ4v) is 3.62. The van der Waals surface area contributed by atoms with Gasteiger partial charge >= 0.3 is 0 Å². The molecular weight excluding hydrogens is 459 g/mol. The van der Waals surface area contributed by atoms with Gasteiger partial charge in [-0.2, -0.15) is 0 Å². The normalized spacial score (nSPS) is 10.7. The molecule has 0 saturated carbocycles. The van der Waals surface area contributed by atoms with E-state index in [9.17, 15) is 4.39 Å². The number of hydrogen-bond donors (Lipinski definition) is 1. The molecular formula is C21H16Cl4FNO2. The van der Waals surface area contributed by atoms with Crippen molar-refractivity contribution in [3.63, 3.8) is 0 Å². The number of methoxy groups -OCH3 is 1. The number of benzene rings is 3. The Labute approximate surface area is 188 Å². The maximum atomic E-state index is 13.9. The van der Waals surface area contributed by atoms with E-state index in [4.69, 9.17) is 55.9 Å². The van der Waals surface area contributed by atoms with Crippen LogP contribution in [0.25, 0.3) is 0 Å². The lowest BCUT2D eigenvalue weighted by atomic mass is 10.2. The minimum absolute atomic E-state index is 0.0587. The lowest BCUT2D eigenvalue weighted by Gasteiger charge is -2.15. The Morgan fingerprint density at radius 1 is 0.897 bits per heavy atom. The maximum absolute atomic E-state index is 13.9. The predicted octanol–water partition coefficient (Wildman–Crippen LogP) is 7.64. The zero-order chi connectivity index (χ0) is 21.0. The van der Waals surface area contributed by atoms with Crippen LogP contribution in [-0.4, -0.2) is 7.11 Å².